The van der Waals surface area contributed by atoms with Crippen molar-refractivity contribution in [3.8, 4) is 5.75 Å². The van der Waals surface area contributed by atoms with Gasteiger partial charge >= 0.3 is 5.97 Å². The van der Waals surface area contributed by atoms with Gasteiger partial charge in [0.05, 0.1) is 18.0 Å². The number of esters is 1. The van der Waals surface area contributed by atoms with Crippen LogP contribution in [0, 0.1) is 6.92 Å². The zero-order valence-corrected chi connectivity index (χ0v) is 12.7. The molecule has 0 saturated carbocycles. The number of hydrogen-bond donors (Lipinski definition) is 1. The van der Waals surface area contributed by atoms with Crippen molar-refractivity contribution in [2.24, 2.45) is 0 Å². The zero-order valence-electron chi connectivity index (χ0n) is 11.9. The lowest BCUT2D eigenvalue weighted by molar-refractivity contribution is 0.0489. The van der Waals surface area contributed by atoms with E-state index in [1.165, 1.54) is 11.5 Å². The minimum absolute atomic E-state index is 0.00546. The van der Waals surface area contributed by atoms with Gasteiger partial charge in [0.25, 0.3) is 0 Å². The zero-order chi connectivity index (χ0) is 14.7. The standard InChI is InChI=1S/C14H18N2O3S/c1-4-6-7-19-14(18)11-12(17)13-10(8(3)16-20-13)9(5-2)15-11/h17H,4-7H2,1-3H3. The van der Waals surface area contributed by atoms with Crippen LogP contribution < -0.4 is 0 Å². The molecule has 0 fully saturated rings. The third kappa shape index (κ3) is 2.60. The number of nitrogens with zero attached hydrogens (tertiary/aromatic N) is 2. The van der Waals surface area contributed by atoms with Gasteiger partial charge in [-0.15, -0.1) is 0 Å². The molecule has 2 aromatic heterocycles. The fourth-order valence-corrected chi connectivity index (χ4v) is 2.86. The maximum Gasteiger partial charge on any atom is 0.360 e. The molecule has 2 heterocycles. The van der Waals surface area contributed by atoms with Crippen molar-refractivity contribution < 1.29 is 14.6 Å². The van der Waals surface area contributed by atoms with Gasteiger partial charge in [0.15, 0.2) is 11.4 Å². The first-order valence-corrected chi connectivity index (χ1v) is 7.52. The Morgan fingerprint density at radius 2 is 2.15 bits per heavy atom. The molecule has 5 nitrogen and oxygen atoms in total. The molecule has 0 aliphatic heterocycles. The van der Waals surface area contributed by atoms with Gasteiger partial charge in [-0.25, -0.2) is 9.78 Å². The second-order valence-corrected chi connectivity index (χ2v) is 5.34. The van der Waals surface area contributed by atoms with Crippen LogP contribution >= 0.6 is 11.5 Å². The molecule has 0 atom stereocenters. The number of hydrogen-bond acceptors (Lipinski definition) is 6. The van der Waals surface area contributed by atoms with E-state index in [4.69, 9.17) is 4.74 Å². The lowest BCUT2D eigenvalue weighted by Crippen LogP contribution is -2.10. The highest BCUT2D eigenvalue weighted by Gasteiger charge is 2.22. The lowest BCUT2D eigenvalue weighted by atomic mass is 10.1. The van der Waals surface area contributed by atoms with Crippen LogP contribution in [0.1, 0.15) is 48.6 Å². The van der Waals surface area contributed by atoms with Crippen LogP contribution in [0.25, 0.3) is 10.1 Å². The van der Waals surface area contributed by atoms with Crippen LogP contribution in [0.5, 0.6) is 5.75 Å². The van der Waals surface area contributed by atoms with E-state index in [-0.39, 0.29) is 11.4 Å². The normalized spacial score (nSPS) is 10.9. The Labute approximate surface area is 121 Å². The third-order valence-corrected chi connectivity index (χ3v) is 4.04. The Bertz CT molecular complexity index is 637. The van der Waals surface area contributed by atoms with Crippen LogP contribution in [0.2, 0.25) is 0 Å². The maximum atomic E-state index is 12.0. The Morgan fingerprint density at radius 3 is 2.80 bits per heavy atom. The smallest absolute Gasteiger partial charge is 0.360 e. The first-order chi connectivity index (χ1) is 9.60. The molecule has 0 unspecified atom stereocenters. The SMILES string of the molecule is CCCCOC(=O)c1nc(CC)c2c(C)nsc2c1O. The summed E-state index contributed by atoms with van der Waals surface area (Å²) < 4.78 is 9.97. The molecular weight excluding hydrogens is 276 g/mol. The fourth-order valence-electron chi connectivity index (χ4n) is 2.00. The number of unbranched alkanes of at least 4 members (excludes halogenated alkanes) is 1. The van der Waals surface area contributed by atoms with E-state index in [9.17, 15) is 9.90 Å². The quantitative estimate of drug-likeness (QED) is 0.677. The van der Waals surface area contributed by atoms with Crippen molar-refractivity contribution in [3.63, 3.8) is 0 Å². The summed E-state index contributed by atoms with van der Waals surface area (Å²) >= 11 is 1.18. The first-order valence-electron chi connectivity index (χ1n) is 6.75. The molecule has 20 heavy (non-hydrogen) atoms. The number of carbonyl (C=O) groups excluding carboxylic acids is 1. The fraction of sp³-hybridized carbons (Fsp3) is 0.500. The number of aromatic hydroxyl groups is 1. The van der Waals surface area contributed by atoms with E-state index in [2.05, 4.69) is 9.36 Å². The second kappa shape index (κ2) is 6.17. The van der Waals surface area contributed by atoms with Crippen LogP contribution in [0.15, 0.2) is 0 Å². The molecule has 2 aromatic rings. The molecule has 0 radical (unpaired) electrons. The number of rotatable bonds is 5. The first kappa shape index (κ1) is 14.7. The molecule has 0 bridgehead atoms. The summed E-state index contributed by atoms with van der Waals surface area (Å²) in [7, 11) is 0. The van der Waals surface area contributed by atoms with Crippen LogP contribution in [0.3, 0.4) is 0 Å². The summed E-state index contributed by atoms with van der Waals surface area (Å²) in [6, 6.07) is 0. The predicted molar refractivity (Wildman–Crippen MR) is 78.4 cm³/mol. The molecule has 0 saturated heterocycles. The molecule has 0 aromatic carbocycles. The third-order valence-electron chi connectivity index (χ3n) is 3.10. The van der Waals surface area contributed by atoms with Gasteiger partial charge in [-0.2, -0.15) is 4.37 Å². The number of carbonyl (C=O) groups is 1. The number of aromatic nitrogens is 2. The predicted octanol–water partition coefficient (Wildman–Crippen LogP) is 3.22. The summed E-state index contributed by atoms with van der Waals surface area (Å²) in [5.41, 5.74) is 1.59. The average Bonchev–Trinajstić information content (AvgIpc) is 2.83. The molecule has 108 valence electrons. The van der Waals surface area contributed by atoms with Crippen molar-refractivity contribution in [2.45, 2.75) is 40.0 Å². The minimum Gasteiger partial charge on any atom is -0.504 e. The van der Waals surface area contributed by atoms with Gasteiger partial charge < -0.3 is 9.84 Å². The Hall–Kier alpha value is -1.69. The van der Waals surface area contributed by atoms with Crippen molar-refractivity contribution in [3.05, 3.63) is 17.1 Å². The number of ether oxygens (including phenoxy) is 1. The monoisotopic (exact) mass is 294 g/mol. The van der Waals surface area contributed by atoms with E-state index in [1.54, 1.807) is 0 Å². The minimum atomic E-state index is -0.571. The molecule has 1 N–H and O–H groups in total. The number of pyridine rings is 1. The molecule has 0 spiro atoms. The summed E-state index contributed by atoms with van der Waals surface area (Å²) in [6.45, 7) is 6.20. The van der Waals surface area contributed by atoms with E-state index >= 15 is 0 Å². The largest absolute Gasteiger partial charge is 0.504 e. The van der Waals surface area contributed by atoms with Crippen molar-refractivity contribution in [2.75, 3.05) is 6.61 Å². The van der Waals surface area contributed by atoms with E-state index in [0.717, 1.165) is 29.6 Å². The van der Waals surface area contributed by atoms with Gasteiger partial charge in [-0.05, 0) is 31.3 Å². The van der Waals surface area contributed by atoms with Gasteiger partial charge in [0, 0.05) is 5.39 Å². The van der Waals surface area contributed by atoms with E-state index in [1.807, 2.05) is 20.8 Å². The van der Waals surface area contributed by atoms with Crippen molar-refractivity contribution in [1.29, 1.82) is 0 Å². The van der Waals surface area contributed by atoms with Gasteiger partial charge in [0.2, 0.25) is 0 Å². The molecular formula is C14H18N2O3S. The molecule has 0 aliphatic rings. The average molecular weight is 294 g/mol. The second-order valence-electron chi connectivity index (χ2n) is 4.57. The van der Waals surface area contributed by atoms with Gasteiger partial charge in [-0.1, -0.05) is 20.3 Å². The Balaban J connectivity index is 2.44. The maximum absolute atomic E-state index is 12.0. The van der Waals surface area contributed by atoms with Gasteiger partial charge in [-0.3, -0.25) is 0 Å². The summed E-state index contributed by atoms with van der Waals surface area (Å²) in [5, 5.41) is 11.1. The number of fused-ring (bicyclic) bond motifs is 1. The Kier molecular flexibility index (Phi) is 4.54. The molecule has 0 amide bonds. The van der Waals surface area contributed by atoms with Crippen molar-refractivity contribution in [1.82, 2.24) is 9.36 Å². The van der Waals surface area contributed by atoms with Crippen molar-refractivity contribution >= 4 is 27.6 Å². The van der Waals surface area contributed by atoms with Crippen LogP contribution in [0.4, 0.5) is 0 Å². The van der Waals surface area contributed by atoms with E-state index in [0.29, 0.717) is 17.7 Å². The molecule has 2 rings (SSSR count). The molecule has 0 aliphatic carbocycles. The topological polar surface area (TPSA) is 72.3 Å². The summed E-state index contributed by atoms with van der Waals surface area (Å²) in [6.07, 6.45) is 2.42. The summed E-state index contributed by atoms with van der Waals surface area (Å²) in [4.78, 5) is 16.3. The van der Waals surface area contributed by atoms with Gasteiger partial charge in [0.1, 0.15) is 4.70 Å². The highest BCUT2D eigenvalue weighted by Crippen LogP contribution is 2.35. The summed E-state index contributed by atoms with van der Waals surface area (Å²) in [5.74, 6) is -0.692. The lowest BCUT2D eigenvalue weighted by Gasteiger charge is -2.08. The van der Waals surface area contributed by atoms with Crippen LogP contribution in [-0.2, 0) is 11.2 Å². The van der Waals surface area contributed by atoms with Crippen LogP contribution in [-0.4, -0.2) is 27.0 Å². The Morgan fingerprint density at radius 1 is 1.40 bits per heavy atom. The molecule has 6 heteroatoms. The van der Waals surface area contributed by atoms with E-state index < -0.39 is 5.97 Å². The highest BCUT2D eigenvalue weighted by molar-refractivity contribution is 7.13. The highest BCUT2D eigenvalue weighted by atomic mass is 32.1. The number of aryl methyl sites for hydroxylation is 2.